The summed E-state index contributed by atoms with van der Waals surface area (Å²) in [5.41, 5.74) is -0.459. The van der Waals surface area contributed by atoms with Crippen molar-refractivity contribution in [2.24, 2.45) is 11.8 Å². The Bertz CT molecular complexity index is 224. The third kappa shape index (κ3) is 2.52. The van der Waals surface area contributed by atoms with Crippen molar-refractivity contribution in [3.8, 4) is 0 Å². The van der Waals surface area contributed by atoms with Gasteiger partial charge in [0.15, 0.2) is 0 Å². The molecule has 1 atom stereocenters. The molecule has 1 heterocycles. The van der Waals surface area contributed by atoms with Gasteiger partial charge in [-0.2, -0.15) is 0 Å². The Morgan fingerprint density at radius 3 is 2.53 bits per heavy atom. The lowest BCUT2D eigenvalue weighted by molar-refractivity contribution is -0.103. The lowest BCUT2D eigenvalue weighted by Crippen LogP contribution is -2.53. The third-order valence-corrected chi connectivity index (χ3v) is 3.99. The highest BCUT2D eigenvalue weighted by molar-refractivity contribution is 4.98. The first kappa shape index (κ1) is 11.4. The Morgan fingerprint density at radius 2 is 2.07 bits per heavy atom. The van der Waals surface area contributed by atoms with Crippen LogP contribution in [0.5, 0.6) is 0 Å². The van der Waals surface area contributed by atoms with Crippen LogP contribution in [0.4, 0.5) is 0 Å². The average molecular weight is 213 g/mol. The molecule has 1 aliphatic carbocycles. The van der Waals surface area contributed by atoms with E-state index in [-0.39, 0.29) is 6.10 Å². The van der Waals surface area contributed by atoms with Crippen molar-refractivity contribution in [2.45, 2.75) is 44.8 Å². The molecule has 2 aliphatic rings. The quantitative estimate of drug-likeness (QED) is 0.730. The van der Waals surface area contributed by atoms with E-state index in [0.717, 1.165) is 38.9 Å². The Kier molecular flexibility index (Phi) is 3.06. The third-order valence-electron chi connectivity index (χ3n) is 3.99. The van der Waals surface area contributed by atoms with Gasteiger partial charge in [0, 0.05) is 19.6 Å². The molecule has 0 spiro atoms. The molecule has 2 N–H and O–H groups in total. The number of aliphatic hydroxyl groups is 2. The predicted molar refractivity (Wildman–Crippen MR) is 59.6 cm³/mol. The summed E-state index contributed by atoms with van der Waals surface area (Å²) < 4.78 is 0. The Hall–Kier alpha value is -0.120. The van der Waals surface area contributed by atoms with E-state index in [2.05, 4.69) is 18.7 Å². The molecule has 0 radical (unpaired) electrons. The van der Waals surface area contributed by atoms with Gasteiger partial charge in [-0.1, -0.05) is 13.8 Å². The van der Waals surface area contributed by atoms with E-state index in [1.54, 1.807) is 0 Å². The standard InChI is InChI=1S/C12H23NO2/c1-9(2)10-5-12(15,6-10)8-13-4-3-11(14)7-13/h9-11,14-15H,3-8H2,1-2H3/t10?,11-,12?/m0/s1. The second-order valence-corrected chi connectivity index (χ2v) is 5.81. The molecule has 0 unspecified atom stereocenters. The van der Waals surface area contributed by atoms with Crippen LogP contribution in [0.1, 0.15) is 33.1 Å². The van der Waals surface area contributed by atoms with Crippen molar-refractivity contribution >= 4 is 0 Å². The number of nitrogens with zero attached hydrogens (tertiary/aromatic N) is 1. The zero-order valence-electron chi connectivity index (χ0n) is 9.82. The molecule has 0 aromatic rings. The van der Waals surface area contributed by atoms with Crippen LogP contribution >= 0.6 is 0 Å². The van der Waals surface area contributed by atoms with Crippen LogP contribution in [-0.4, -0.2) is 46.5 Å². The van der Waals surface area contributed by atoms with E-state index >= 15 is 0 Å². The Morgan fingerprint density at radius 1 is 1.40 bits per heavy atom. The molecular weight excluding hydrogens is 190 g/mol. The van der Waals surface area contributed by atoms with Gasteiger partial charge in [0.25, 0.3) is 0 Å². The minimum absolute atomic E-state index is 0.172. The van der Waals surface area contributed by atoms with Crippen LogP contribution in [-0.2, 0) is 0 Å². The summed E-state index contributed by atoms with van der Waals surface area (Å²) in [5.74, 6) is 1.39. The van der Waals surface area contributed by atoms with Gasteiger partial charge in [-0.25, -0.2) is 0 Å². The van der Waals surface area contributed by atoms with Gasteiger partial charge in [0.2, 0.25) is 0 Å². The molecular formula is C12H23NO2. The van der Waals surface area contributed by atoms with Gasteiger partial charge in [0.1, 0.15) is 0 Å². The molecule has 1 saturated carbocycles. The van der Waals surface area contributed by atoms with Gasteiger partial charge >= 0.3 is 0 Å². The summed E-state index contributed by atoms with van der Waals surface area (Å²) >= 11 is 0. The Balaban J connectivity index is 1.76. The first-order chi connectivity index (χ1) is 6.98. The molecule has 0 bridgehead atoms. The first-order valence-corrected chi connectivity index (χ1v) is 6.11. The topological polar surface area (TPSA) is 43.7 Å². The van der Waals surface area contributed by atoms with Crippen LogP contribution in [0.2, 0.25) is 0 Å². The van der Waals surface area contributed by atoms with Gasteiger partial charge in [-0.3, -0.25) is 4.90 Å². The number of hydrogen-bond donors (Lipinski definition) is 2. The molecule has 0 aromatic carbocycles. The lowest BCUT2D eigenvalue weighted by Gasteiger charge is -2.47. The fourth-order valence-corrected chi connectivity index (χ4v) is 2.89. The number of aliphatic hydroxyl groups excluding tert-OH is 1. The molecule has 3 heteroatoms. The van der Waals surface area contributed by atoms with Crippen LogP contribution in [0, 0.1) is 11.8 Å². The van der Waals surface area contributed by atoms with Gasteiger partial charge in [0.05, 0.1) is 11.7 Å². The second kappa shape index (κ2) is 4.04. The van der Waals surface area contributed by atoms with Crippen LogP contribution < -0.4 is 0 Å². The fourth-order valence-electron chi connectivity index (χ4n) is 2.89. The lowest BCUT2D eigenvalue weighted by atomic mass is 9.66. The summed E-state index contributed by atoms with van der Waals surface area (Å²) in [7, 11) is 0. The normalized spacial score (nSPS) is 42.2. The maximum Gasteiger partial charge on any atom is 0.0779 e. The molecule has 2 rings (SSSR count). The molecule has 2 fully saturated rings. The average Bonchev–Trinajstić information content (AvgIpc) is 2.46. The van der Waals surface area contributed by atoms with E-state index < -0.39 is 5.60 Å². The van der Waals surface area contributed by atoms with Crippen molar-refractivity contribution in [1.29, 1.82) is 0 Å². The molecule has 0 aromatic heterocycles. The summed E-state index contributed by atoms with van der Waals surface area (Å²) in [4.78, 5) is 2.20. The van der Waals surface area contributed by atoms with Crippen LogP contribution in [0.3, 0.4) is 0 Å². The minimum Gasteiger partial charge on any atom is -0.392 e. The number of hydrogen-bond acceptors (Lipinski definition) is 3. The number of rotatable bonds is 3. The van der Waals surface area contributed by atoms with E-state index in [4.69, 9.17) is 0 Å². The maximum atomic E-state index is 10.3. The molecule has 1 saturated heterocycles. The monoisotopic (exact) mass is 213 g/mol. The van der Waals surface area contributed by atoms with Crippen molar-refractivity contribution in [3.63, 3.8) is 0 Å². The largest absolute Gasteiger partial charge is 0.392 e. The van der Waals surface area contributed by atoms with Crippen molar-refractivity contribution in [2.75, 3.05) is 19.6 Å². The fraction of sp³-hybridized carbons (Fsp3) is 1.00. The Labute approximate surface area is 92.1 Å². The SMILES string of the molecule is CC(C)C1CC(O)(CN2CC[C@H](O)C2)C1. The highest BCUT2D eigenvalue weighted by atomic mass is 16.3. The van der Waals surface area contributed by atoms with E-state index in [1.807, 2.05) is 0 Å². The number of β-amino-alcohol motifs (C(OH)–C–C–N with tert-alkyl or cyclic N) is 2. The molecule has 88 valence electrons. The molecule has 3 nitrogen and oxygen atoms in total. The summed E-state index contributed by atoms with van der Waals surface area (Å²) in [6, 6.07) is 0. The van der Waals surface area contributed by atoms with Gasteiger partial charge < -0.3 is 10.2 Å². The van der Waals surface area contributed by atoms with Crippen molar-refractivity contribution < 1.29 is 10.2 Å². The van der Waals surface area contributed by atoms with Crippen LogP contribution in [0.15, 0.2) is 0 Å². The van der Waals surface area contributed by atoms with Crippen molar-refractivity contribution in [3.05, 3.63) is 0 Å². The zero-order chi connectivity index (χ0) is 11.1. The molecule has 1 aliphatic heterocycles. The maximum absolute atomic E-state index is 10.3. The van der Waals surface area contributed by atoms with Crippen LogP contribution in [0.25, 0.3) is 0 Å². The number of likely N-dealkylation sites (tertiary alicyclic amines) is 1. The van der Waals surface area contributed by atoms with E-state index in [9.17, 15) is 10.2 Å². The van der Waals surface area contributed by atoms with Crippen molar-refractivity contribution in [1.82, 2.24) is 4.90 Å². The highest BCUT2D eigenvalue weighted by Crippen LogP contribution is 2.42. The molecule has 15 heavy (non-hydrogen) atoms. The van der Waals surface area contributed by atoms with Gasteiger partial charge in [-0.15, -0.1) is 0 Å². The first-order valence-electron chi connectivity index (χ1n) is 6.11. The molecule has 0 amide bonds. The van der Waals surface area contributed by atoms with E-state index in [1.165, 1.54) is 0 Å². The zero-order valence-corrected chi connectivity index (χ0v) is 9.82. The van der Waals surface area contributed by atoms with Gasteiger partial charge in [-0.05, 0) is 31.1 Å². The minimum atomic E-state index is -0.459. The van der Waals surface area contributed by atoms with E-state index in [0.29, 0.717) is 11.8 Å². The summed E-state index contributed by atoms with van der Waals surface area (Å²) in [6.07, 6.45) is 2.58. The summed E-state index contributed by atoms with van der Waals surface area (Å²) in [6.45, 7) is 6.89. The second-order valence-electron chi connectivity index (χ2n) is 5.81. The predicted octanol–water partition coefficient (Wildman–Crippen LogP) is 0.850. The summed E-state index contributed by atoms with van der Waals surface area (Å²) in [5, 5.41) is 19.7. The highest BCUT2D eigenvalue weighted by Gasteiger charge is 2.45. The smallest absolute Gasteiger partial charge is 0.0779 e.